The molecule has 0 saturated heterocycles. The predicted octanol–water partition coefficient (Wildman–Crippen LogP) is 4.94. The second-order valence-corrected chi connectivity index (χ2v) is 11.2. The first kappa shape index (κ1) is 18.3. The molecule has 3 heteroatoms. The molecule has 25 heavy (non-hydrogen) atoms. The van der Waals surface area contributed by atoms with Crippen LogP contribution >= 0.6 is 11.8 Å². The molecular formula is C22H36O2S. The van der Waals surface area contributed by atoms with E-state index in [0.29, 0.717) is 29.5 Å². The predicted molar refractivity (Wildman–Crippen MR) is 105 cm³/mol. The summed E-state index contributed by atoms with van der Waals surface area (Å²) in [6, 6.07) is 0. The number of fused-ring (bicyclic) bond motifs is 3. The van der Waals surface area contributed by atoms with Crippen molar-refractivity contribution in [3.63, 3.8) is 0 Å². The van der Waals surface area contributed by atoms with Gasteiger partial charge in [-0.3, -0.25) is 4.79 Å². The van der Waals surface area contributed by atoms with Crippen molar-refractivity contribution in [1.82, 2.24) is 0 Å². The van der Waals surface area contributed by atoms with Gasteiger partial charge in [-0.1, -0.05) is 20.3 Å². The van der Waals surface area contributed by atoms with Crippen LogP contribution < -0.4 is 0 Å². The fourth-order valence-corrected chi connectivity index (χ4v) is 9.16. The van der Waals surface area contributed by atoms with Gasteiger partial charge in [-0.25, -0.2) is 0 Å². The van der Waals surface area contributed by atoms with Gasteiger partial charge < -0.3 is 5.11 Å². The minimum absolute atomic E-state index is 0.110. The number of carbonyl (C=O) groups is 1. The molecule has 2 nitrogen and oxygen atoms in total. The highest BCUT2D eigenvalue weighted by molar-refractivity contribution is 7.98. The molecule has 0 heterocycles. The quantitative estimate of drug-likeness (QED) is 0.771. The minimum atomic E-state index is -0.130. The summed E-state index contributed by atoms with van der Waals surface area (Å²) in [5.41, 5.74) is 0.269. The number of Topliss-reactive ketones (excluding diaryl/α,β-unsaturated/α-hetero) is 1. The fraction of sp³-hybridized carbons (Fsp3) is 0.955. The largest absolute Gasteiger partial charge is 0.392 e. The summed E-state index contributed by atoms with van der Waals surface area (Å²) >= 11 is 1.91. The molecule has 0 amide bonds. The Morgan fingerprint density at radius 3 is 2.52 bits per heavy atom. The van der Waals surface area contributed by atoms with E-state index in [4.69, 9.17) is 0 Å². The monoisotopic (exact) mass is 364 g/mol. The second-order valence-electron chi connectivity index (χ2n) is 10.3. The van der Waals surface area contributed by atoms with E-state index in [9.17, 15) is 9.90 Å². The van der Waals surface area contributed by atoms with E-state index in [1.165, 1.54) is 32.1 Å². The van der Waals surface area contributed by atoms with Crippen LogP contribution in [0, 0.1) is 39.9 Å². The van der Waals surface area contributed by atoms with Gasteiger partial charge in [-0.2, -0.15) is 11.8 Å². The molecule has 0 aromatic heterocycles. The molecule has 5 fully saturated rings. The normalized spacial score (nSPS) is 54.7. The summed E-state index contributed by atoms with van der Waals surface area (Å²) in [7, 11) is 0. The topological polar surface area (TPSA) is 37.3 Å². The van der Waals surface area contributed by atoms with Gasteiger partial charge in [-0.05, 0) is 98.4 Å². The van der Waals surface area contributed by atoms with Crippen LogP contribution in [-0.4, -0.2) is 29.0 Å². The molecule has 8 atom stereocenters. The van der Waals surface area contributed by atoms with Crippen molar-refractivity contribution in [1.29, 1.82) is 0 Å². The van der Waals surface area contributed by atoms with Crippen molar-refractivity contribution in [2.24, 2.45) is 39.9 Å². The van der Waals surface area contributed by atoms with Crippen LogP contribution in [0.3, 0.4) is 0 Å². The second kappa shape index (κ2) is 5.99. The lowest BCUT2D eigenvalue weighted by Gasteiger charge is -2.70. The van der Waals surface area contributed by atoms with Crippen molar-refractivity contribution in [3.05, 3.63) is 0 Å². The van der Waals surface area contributed by atoms with Crippen molar-refractivity contribution in [2.45, 2.75) is 78.2 Å². The molecule has 2 bridgehead atoms. The molecule has 0 radical (unpaired) electrons. The van der Waals surface area contributed by atoms with E-state index in [1.54, 1.807) is 0 Å². The molecule has 5 aliphatic rings. The Labute approximate surface area is 157 Å². The summed E-state index contributed by atoms with van der Waals surface area (Å²) in [6.07, 6.45) is 11.8. The molecule has 1 N–H and O–H groups in total. The Morgan fingerprint density at radius 2 is 1.84 bits per heavy atom. The van der Waals surface area contributed by atoms with Crippen LogP contribution in [0.1, 0.15) is 72.1 Å². The summed E-state index contributed by atoms with van der Waals surface area (Å²) < 4.78 is 0. The summed E-state index contributed by atoms with van der Waals surface area (Å²) in [4.78, 5) is 12.6. The van der Waals surface area contributed by atoms with Crippen LogP contribution in [0.4, 0.5) is 0 Å². The Morgan fingerprint density at radius 1 is 1.12 bits per heavy atom. The molecule has 0 unspecified atom stereocenters. The van der Waals surface area contributed by atoms with E-state index >= 15 is 0 Å². The number of ketones is 1. The molecule has 0 aromatic carbocycles. The van der Waals surface area contributed by atoms with Gasteiger partial charge in [0.25, 0.3) is 0 Å². The summed E-state index contributed by atoms with van der Waals surface area (Å²) in [5, 5.41) is 11.4. The zero-order valence-electron chi connectivity index (χ0n) is 16.5. The number of aliphatic hydroxyl groups excluding tert-OH is 1. The van der Waals surface area contributed by atoms with Crippen molar-refractivity contribution in [3.8, 4) is 0 Å². The third kappa shape index (κ3) is 2.30. The van der Waals surface area contributed by atoms with Crippen LogP contribution in [0.5, 0.6) is 0 Å². The smallest absolute Gasteiger partial charge is 0.135 e. The minimum Gasteiger partial charge on any atom is -0.392 e. The lowest BCUT2D eigenvalue weighted by molar-refractivity contribution is -0.238. The standard InChI is InChI=1S/C22H36O2S/c1-14(23)20(2)8-5-9-21(3)17(20)7-11-22-10-6-15(12-18(21)22)16(13-25-4)19(22)24/h15-19,24H,5-13H2,1-4H3/t15-,16+,17-,18+,19-,20+,21-,22+/m1/s1. The Balaban J connectivity index is 1.72. The average molecular weight is 365 g/mol. The lowest BCUT2D eigenvalue weighted by atomic mass is 9.35. The van der Waals surface area contributed by atoms with Gasteiger partial charge in [0.1, 0.15) is 5.78 Å². The molecular weight excluding hydrogens is 328 g/mol. The highest BCUT2D eigenvalue weighted by Gasteiger charge is 2.67. The number of rotatable bonds is 3. The number of hydrogen-bond acceptors (Lipinski definition) is 3. The first-order valence-corrected chi connectivity index (χ1v) is 11.9. The first-order chi connectivity index (χ1) is 11.8. The molecule has 5 rings (SSSR count). The van der Waals surface area contributed by atoms with Crippen molar-refractivity contribution < 1.29 is 9.90 Å². The van der Waals surface area contributed by atoms with Crippen molar-refractivity contribution >= 4 is 17.5 Å². The Kier molecular flexibility index (Phi) is 4.40. The van der Waals surface area contributed by atoms with Gasteiger partial charge in [0.05, 0.1) is 6.10 Å². The van der Waals surface area contributed by atoms with Gasteiger partial charge in [0.2, 0.25) is 0 Å². The maximum Gasteiger partial charge on any atom is 0.135 e. The van der Waals surface area contributed by atoms with Gasteiger partial charge in [0, 0.05) is 5.41 Å². The average Bonchev–Trinajstić information content (AvgIpc) is 2.57. The molecule has 5 aliphatic carbocycles. The third-order valence-electron chi connectivity index (χ3n) is 9.65. The maximum absolute atomic E-state index is 12.6. The zero-order chi connectivity index (χ0) is 18.0. The number of aliphatic hydroxyl groups is 1. The van der Waals surface area contributed by atoms with E-state index in [-0.39, 0.29) is 22.3 Å². The Hall–Kier alpha value is -0.0200. The summed E-state index contributed by atoms with van der Waals surface area (Å²) in [6.45, 7) is 6.58. The maximum atomic E-state index is 12.6. The van der Waals surface area contributed by atoms with Crippen LogP contribution in [-0.2, 0) is 4.79 Å². The van der Waals surface area contributed by atoms with E-state index in [1.807, 2.05) is 18.7 Å². The summed E-state index contributed by atoms with van der Waals surface area (Å²) in [5.74, 6) is 3.88. The fourth-order valence-electron chi connectivity index (χ4n) is 8.32. The van der Waals surface area contributed by atoms with Gasteiger partial charge in [0.15, 0.2) is 0 Å². The number of hydrogen-bond donors (Lipinski definition) is 1. The van der Waals surface area contributed by atoms with Gasteiger partial charge >= 0.3 is 0 Å². The number of thioether (sulfide) groups is 1. The van der Waals surface area contributed by atoms with E-state index < -0.39 is 0 Å². The zero-order valence-corrected chi connectivity index (χ0v) is 17.3. The first-order valence-electron chi connectivity index (χ1n) is 10.5. The van der Waals surface area contributed by atoms with E-state index in [2.05, 4.69) is 20.1 Å². The molecule has 0 aliphatic heterocycles. The van der Waals surface area contributed by atoms with Gasteiger partial charge in [-0.15, -0.1) is 0 Å². The van der Waals surface area contributed by atoms with E-state index in [0.717, 1.165) is 25.0 Å². The van der Waals surface area contributed by atoms with Crippen molar-refractivity contribution in [2.75, 3.05) is 12.0 Å². The van der Waals surface area contributed by atoms with Crippen LogP contribution in [0.2, 0.25) is 0 Å². The number of carbonyl (C=O) groups excluding carboxylic acids is 1. The molecule has 142 valence electrons. The molecule has 0 aromatic rings. The highest BCUT2D eigenvalue weighted by Crippen LogP contribution is 2.72. The SMILES string of the molecule is CSC[C@H]1[C@@H]2CC[C@@]3(CC[C@H]4[C@@](C)(CCC[C@@]4(C)C(C)=O)[C@@H]3C2)[C@@H]1O. The molecule has 1 spiro atoms. The third-order valence-corrected chi connectivity index (χ3v) is 10.4. The Bertz CT molecular complexity index is 562. The molecule has 5 saturated carbocycles. The van der Waals surface area contributed by atoms with Crippen LogP contribution in [0.15, 0.2) is 0 Å². The lowest BCUT2D eigenvalue weighted by Crippen LogP contribution is -2.67. The van der Waals surface area contributed by atoms with Crippen LogP contribution in [0.25, 0.3) is 0 Å². The highest BCUT2D eigenvalue weighted by atomic mass is 32.2.